The van der Waals surface area contributed by atoms with Crippen LogP contribution in [0.1, 0.15) is 52.8 Å². The number of nitrogens with zero attached hydrogens (tertiary/aromatic N) is 2. The number of carbonyl (C=O) groups is 1. The fourth-order valence-electron chi connectivity index (χ4n) is 4.48. The van der Waals surface area contributed by atoms with Crippen LogP contribution in [0.25, 0.3) is 5.69 Å². The van der Waals surface area contributed by atoms with Gasteiger partial charge in [0.05, 0.1) is 16.4 Å². The maximum atomic E-state index is 14.4. The average Bonchev–Trinajstić information content (AvgIpc) is 3.36. The lowest BCUT2D eigenvalue weighted by atomic mass is 9.95. The van der Waals surface area contributed by atoms with Crippen LogP contribution in [0.3, 0.4) is 0 Å². The molecule has 5 rings (SSSR count). The van der Waals surface area contributed by atoms with Crippen LogP contribution in [0.4, 0.5) is 14.5 Å². The van der Waals surface area contributed by atoms with E-state index in [1.807, 2.05) is 0 Å². The number of benzene rings is 2. The van der Waals surface area contributed by atoms with Crippen LogP contribution in [0.15, 0.2) is 42.5 Å². The Morgan fingerprint density at radius 3 is 2.71 bits per heavy atom. The van der Waals surface area contributed by atoms with E-state index < -0.39 is 11.6 Å². The number of hydrogen-bond acceptors (Lipinski definition) is 2. The second kappa shape index (κ2) is 6.41. The Morgan fingerprint density at radius 1 is 1.14 bits per heavy atom. The normalized spacial score (nSPS) is 19.7. The van der Waals surface area contributed by atoms with Gasteiger partial charge < -0.3 is 5.32 Å². The van der Waals surface area contributed by atoms with Crippen molar-refractivity contribution in [1.29, 1.82) is 0 Å². The summed E-state index contributed by atoms with van der Waals surface area (Å²) >= 11 is 6.15. The van der Waals surface area contributed by atoms with Crippen LogP contribution in [-0.2, 0) is 0 Å². The molecule has 142 valence electrons. The van der Waals surface area contributed by atoms with Crippen molar-refractivity contribution in [1.82, 2.24) is 9.78 Å². The van der Waals surface area contributed by atoms with Gasteiger partial charge in [-0.05, 0) is 49.4 Å². The van der Waals surface area contributed by atoms with Crippen molar-refractivity contribution in [3.8, 4) is 5.69 Å². The minimum absolute atomic E-state index is 0.155. The first-order valence-corrected chi connectivity index (χ1v) is 9.55. The van der Waals surface area contributed by atoms with Gasteiger partial charge in [-0.2, -0.15) is 5.10 Å². The molecule has 3 aromatic rings. The first-order chi connectivity index (χ1) is 13.5. The van der Waals surface area contributed by atoms with Crippen LogP contribution in [-0.4, -0.2) is 15.7 Å². The summed E-state index contributed by atoms with van der Waals surface area (Å²) in [6, 6.07) is 10.4. The molecule has 0 spiro atoms. The monoisotopic (exact) mass is 399 g/mol. The van der Waals surface area contributed by atoms with E-state index in [1.165, 1.54) is 16.8 Å². The van der Waals surface area contributed by atoms with Gasteiger partial charge >= 0.3 is 0 Å². The maximum absolute atomic E-state index is 14.4. The highest BCUT2D eigenvalue weighted by molar-refractivity contribution is 6.33. The minimum atomic E-state index is -0.703. The number of nitrogens with one attached hydrogen (secondary N) is 1. The van der Waals surface area contributed by atoms with E-state index in [2.05, 4.69) is 10.4 Å². The van der Waals surface area contributed by atoms with Gasteiger partial charge in [0.25, 0.3) is 5.91 Å². The predicted molar refractivity (Wildman–Crippen MR) is 102 cm³/mol. The van der Waals surface area contributed by atoms with Crippen molar-refractivity contribution < 1.29 is 13.6 Å². The fourth-order valence-corrected chi connectivity index (χ4v) is 4.66. The standard InChI is InChI=1S/C21H16ClF2N3O/c22-14-3-1-2-4-16(14)25-21(28)19-18-11-5-6-12(9-11)20(18)27(26-19)17-8-7-13(23)10-15(17)24/h1-4,7-8,10-12H,5-6,9H2,(H,25,28). The summed E-state index contributed by atoms with van der Waals surface area (Å²) in [6.07, 6.45) is 2.90. The lowest BCUT2D eigenvalue weighted by Crippen LogP contribution is -2.16. The number of rotatable bonds is 3. The highest BCUT2D eigenvalue weighted by Crippen LogP contribution is 2.54. The van der Waals surface area contributed by atoms with Gasteiger partial charge in [0.15, 0.2) is 11.5 Å². The quantitative estimate of drug-likeness (QED) is 0.639. The van der Waals surface area contributed by atoms with Crippen molar-refractivity contribution in [3.05, 3.63) is 76.1 Å². The van der Waals surface area contributed by atoms with E-state index in [9.17, 15) is 13.6 Å². The van der Waals surface area contributed by atoms with E-state index in [0.717, 1.165) is 36.6 Å². The summed E-state index contributed by atoms with van der Waals surface area (Å²) in [7, 11) is 0. The number of carbonyl (C=O) groups excluding carboxylic acids is 1. The zero-order chi connectivity index (χ0) is 19.4. The van der Waals surface area contributed by atoms with Gasteiger partial charge in [-0.25, -0.2) is 13.5 Å². The molecule has 0 saturated heterocycles. The van der Waals surface area contributed by atoms with Crippen molar-refractivity contribution in [2.45, 2.75) is 31.1 Å². The second-order valence-corrected chi connectivity index (χ2v) is 7.70. The number of aromatic nitrogens is 2. The number of amides is 1. The molecule has 1 heterocycles. The molecule has 0 aliphatic heterocycles. The van der Waals surface area contributed by atoms with E-state index in [4.69, 9.17) is 11.6 Å². The summed E-state index contributed by atoms with van der Waals surface area (Å²) in [5.41, 5.74) is 2.68. The number of para-hydroxylation sites is 1. The van der Waals surface area contributed by atoms with Gasteiger partial charge in [0.1, 0.15) is 11.5 Å². The Bertz CT molecular complexity index is 1110. The minimum Gasteiger partial charge on any atom is -0.319 e. The molecule has 1 amide bonds. The maximum Gasteiger partial charge on any atom is 0.276 e. The Balaban J connectivity index is 1.61. The molecule has 1 aromatic heterocycles. The van der Waals surface area contributed by atoms with Crippen LogP contribution in [0, 0.1) is 11.6 Å². The number of halogens is 3. The van der Waals surface area contributed by atoms with Crippen LogP contribution < -0.4 is 5.32 Å². The lowest BCUT2D eigenvalue weighted by Gasteiger charge is -2.14. The zero-order valence-corrected chi connectivity index (χ0v) is 15.5. The highest BCUT2D eigenvalue weighted by atomic mass is 35.5. The third-order valence-corrected chi connectivity index (χ3v) is 5.99. The van der Waals surface area contributed by atoms with Crippen LogP contribution in [0.2, 0.25) is 5.02 Å². The van der Waals surface area contributed by atoms with Crippen molar-refractivity contribution in [2.24, 2.45) is 0 Å². The molecule has 2 bridgehead atoms. The van der Waals surface area contributed by atoms with E-state index >= 15 is 0 Å². The smallest absolute Gasteiger partial charge is 0.276 e. The third-order valence-electron chi connectivity index (χ3n) is 5.66. The summed E-state index contributed by atoms with van der Waals surface area (Å²) in [5, 5.41) is 7.69. The molecule has 2 aromatic carbocycles. The number of fused-ring (bicyclic) bond motifs is 5. The Morgan fingerprint density at radius 2 is 1.93 bits per heavy atom. The molecule has 2 aliphatic rings. The summed E-state index contributed by atoms with van der Waals surface area (Å²) in [5.74, 6) is -1.25. The molecule has 2 aliphatic carbocycles. The summed E-state index contributed by atoms with van der Waals surface area (Å²) in [6.45, 7) is 0. The molecule has 2 atom stereocenters. The molecular formula is C21H16ClF2N3O. The molecule has 1 fully saturated rings. The molecule has 1 N–H and O–H groups in total. The molecule has 2 unspecified atom stereocenters. The first-order valence-electron chi connectivity index (χ1n) is 9.17. The Hall–Kier alpha value is -2.73. The van der Waals surface area contributed by atoms with Gasteiger partial charge in [0.2, 0.25) is 0 Å². The Kier molecular flexibility index (Phi) is 3.98. The highest BCUT2D eigenvalue weighted by Gasteiger charge is 2.44. The molecule has 7 heteroatoms. The van der Waals surface area contributed by atoms with E-state index in [0.29, 0.717) is 10.7 Å². The second-order valence-electron chi connectivity index (χ2n) is 7.30. The lowest BCUT2D eigenvalue weighted by molar-refractivity contribution is 0.102. The van der Waals surface area contributed by atoms with Crippen molar-refractivity contribution in [2.75, 3.05) is 5.32 Å². The third kappa shape index (κ3) is 2.63. The molecular weight excluding hydrogens is 384 g/mol. The topological polar surface area (TPSA) is 46.9 Å². The van der Waals surface area contributed by atoms with Gasteiger partial charge in [-0.3, -0.25) is 4.79 Å². The first kappa shape index (κ1) is 17.4. The molecule has 28 heavy (non-hydrogen) atoms. The van der Waals surface area contributed by atoms with Crippen LogP contribution >= 0.6 is 11.6 Å². The molecule has 4 nitrogen and oxygen atoms in total. The fraction of sp³-hybridized carbons (Fsp3) is 0.238. The van der Waals surface area contributed by atoms with E-state index in [1.54, 1.807) is 24.3 Å². The van der Waals surface area contributed by atoms with E-state index in [-0.39, 0.29) is 29.1 Å². The Labute approximate surface area is 165 Å². The van der Waals surface area contributed by atoms with Crippen molar-refractivity contribution >= 4 is 23.2 Å². The average molecular weight is 400 g/mol. The van der Waals surface area contributed by atoms with Gasteiger partial charge in [0, 0.05) is 17.5 Å². The van der Waals surface area contributed by atoms with Gasteiger partial charge in [-0.15, -0.1) is 0 Å². The predicted octanol–water partition coefficient (Wildman–Crippen LogP) is 5.42. The summed E-state index contributed by atoms with van der Waals surface area (Å²) in [4.78, 5) is 13.0. The summed E-state index contributed by atoms with van der Waals surface area (Å²) < 4.78 is 29.3. The largest absolute Gasteiger partial charge is 0.319 e. The number of anilines is 1. The molecule has 0 radical (unpaired) electrons. The van der Waals surface area contributed by atoms with Gasteiger partial charge in [-0.1, -0.05) is 23.7 Å². The van der Waals surface area contributed by atoms with Crippen LogP contribution in [0.5, 0.6) is 0 Å². The zero-order valence-electron chi connectivity index (χ0n) is 14.8. The number of hydrogen-bond donors (Lipinski definition) is 1. The molecule has 1 saturated carbocycles. The van der Waals surface area contributed by atoms with Crippen molar-refractivity contribution in [3.63, 3.8) is 0 Å². The SMILES string of the molecule is O=C(Nc1ccccc1Cl)c1nn(-c2ccc(F)cc2F)c2c1C1CCC2C1.